The van der Waals surface area contributed by atoms with Gasteiger partial charge in [-0.1, -0.05) is 24.3 Å². The van der Waals surface area contributed by atoms with Crippen molar-refractivity contribution >= 4 is 36.3 Å². The summed E-state index contributed by atoms with van der Waals surface area (Å²) < 4.78 is 50.0. The zero-order valence-corrected chi connectivity index (χ0v) is 12.8. The molecule has 108 valence electrons. The molecule has 0 bridgehead atoms. The van der Waals surface area contributed by atoms with Crippen molar-refractivity contribution in [3.63, 3.8) is 0 Å². The quantitative estimate of drug-likeness (QED) is 0.879. The molecule has 0 aliphatic rings. The summed E-state index contributed by atoms with van der Waals surface area (Å²) in [7, 11) is -7.34. The van der Waals surface area contributed by atoms with E-state index in [0.29, 0.717) is 0 Å². The Balaban J connectivity index is 2.41. The van der Waals surface area contributed by atoms with E-state index >= 15 is 0 Å². The molecule has 0 saturated heterocycles. The van der Waals surface area contributed by atoms with Crippen molar-refractivity contribution in [1.82, 2.24) is 10.2 Å². The minimum absolute atomic E-state index is 0.0276. The lowest BCUT2D eigenvalue weighted by Gasteiger charge is -2.07. The van der Waals surface area contributed by atoms with Crippen LogP contribution in [0.4, 0.5) is 5.13 Å². The fraction of sp³-hybridized carbons (Fsp3) is 0.200. The Kier molecular flexibility index (Phi) is 4.06. The fourth-order valence-electron chi connectivity index (χ4n) is 1.39. The molecule has 10 heteroatoms. The lowest BCUT2D eigenvalue weighted by molar-refractivity contribution is 0.596. The van der Waals surface area contributed by atoms with Crippen molar-refractivity contribution in [2.24, 2.45) is 0 Å². The van der Waals surface area contributed by atoms with Gasteiger partial charge < -0.3 is 0 Å². The molecule has 0 fully saturated rings. The van der Waals surface area contributed by atoms with Crippen LogP contribution in [0.2, 0.25) is 0 Å². The van der Waals surface area contributed by atoms with Gasteiger partial charge in [-0.3, -0.25) is 4.72 Å². The Hall–Kier alpha value is -1.52. The first-order chi connectivity index (χ1) is 9.35. The molecule has 1 aromatic carbocycles. The van der Waals surface area contributed by atoms with Crippen molar-refractivity contribution in [1.29, 1.82) is 0 Å². The highest BCUT2D eigenvalue weighted by molar-refractivity contribution is 7.93. The molecule has 0 saturated carbocycles. The second-order valence-corrected chi connectivity index (χ2v) is 8.52. The third kappa shape index (κ3) is 3.14. The van der Waals surface area contributed by atoms with Crippen molar-refractivity contribution < 1.29 is 16.8 Å². The Morgan fingerprint density at radius 1 is 1.20 bits per heavy atom. The van der Waals surface area contributed by atoms with Gasteiger partial charge in [0.15, 0.2) is 9.84 Å². The highest BCUT2D eigenvalue weighted by atomic mass is 32.2. The summed E-state index contributed by atoms with van der Waals surface area (Å²) in [6.45, 7) is 1.50. The SMILES string of the molecule is CCS(=O)(=O)c1cccc(S(=O)(=O)Nc2nncs2)c1. The van der Waals surface area contributed by atoms with E-state index in [4.69, 9.17) is 0 Å². The fourth-order valence-corrected chi connectivity index (χ4v) is 4.13. The molecule has 20 heavy (non-hydrogen) atoms. The average Bonchev–Trinajstić information content (AvgIpc) is 2.91. The number of sulfone groups is 1. The van der Waals surface area contributed by atoms with E-state index in [1.165, 1.54) is 30.6 Å². The summed E-state index contributed by atoms with van der Waals surface area (Å²) in [5.41, 5.74) is 1.38. The van der Waals surface area contributed by atoms with E-state index in [1.54, 1.807) is 0 Å². The Morgan fingerprint density at radius 2 is 1.90 bits per heavy atom. The molecular formula is C10H11N3O4S3. The van der Waals surface area contributed by atoms with Crippen LogP contribution in [0.1, 0.15) is 6.92 Å². The van der Waals surface area contributed by atoms with Crippen molar-refractivity contribution in [3.05, 3.63) is 29.8 Å². The van der Waals surface area contributed by atoms with Crippen LogP contribution in [0.5, 0.6) is 0 Å². The number of sulfonamides is 1. The van der Waals surface area contributed by atoms with Crippen LogP contribution < -0.4 is 4.72 Å². The van der Waals surface area contributed by atoms with Crippen LogP contribution in [0.25, 0.3) is 0 Å². The topological polar surface area (TPSA) is 106 Å². The van der Waals surface area contributed by atoms with Crippen LogP contribution in [0.3, 0.4) is 0 Å². The van der Waals surface area contributed by atoms with Crippen LogP contribution in [0, 0.1) is 0 Å². The van der Waals surface area contributed by atoms with Gasteiger partial charge in [0, 0.05) is 0 Å². The Morgan fingerprint density at radius 3 is 2.50 bits per heavy atom. The molecule has 0 aliphatic carbocycles. The van der Waals surface area contributed by atoms with Crippen LogP contribution >= 0.6 is 11.3 Å². The van der Waals surface area contributed by atoms with Gasteiger partial charge in [0.1, 0.15) is 5.51 Å². The zero-order valence-electron chi connectivity index (χ0n) is 10.3. The maximum absolute atomic E-state index is 12.1. The highest BCUT2D eigenvalue weighted by Gasteiger charge is 2.19. The normalized spacial score (nSPS) is 12.2. The molecule has 0 radical (unpaired) electrons. The largest absolute Gasteiger partial charge is 0.263 e. The van der Waals surface area contributed by atoms with Crippen LogP contribution in [-0.2, 0) is 19.9 Å². The number of rotatable bonds is 5. The maximum atomic E-state index is 12.1. The summed E-state index contributed by atoms with van der Waals surface area (Å²) in [6.07, 6.45) is 0. The van der Waals surface area contributed by atoms with Gasteiger partial charge in [0.05, 0.1) is 15.5 Å². The van der Waals surface area contributed by atoms with Gasteiger partial charge in [-0.05, 0) is 18.2 Å². The number of nitrogens with one attached hydrogen (secondary N) is 1. The van der Waals surface area contributed by atoms with E-state index in [1.807, 2.05) is 0 Å². The average molecular weight is 333 g/mol. The molecule has 0 aliphatic heterocycles. The summed E-state index contributed by atoms with van der Waals surface area (Å²) in [5.74, 6) is -0.0969. The van der Waals surface area contributed by atoms with E-state index in [9.17, 15) is 16.8 Å². The molecule has 1 N–H and O–H groups in total. The van der Waals surface area contributed by atoms with Gasteiger partial charge in [0.2, 0.25) is 5.13 Å². The predicted molar refractivity (Wildman–Crippen MR) is 74.9 cm³/mol. The van der Waals surface area contributed by atoms with Gasteiger partial charge in [-0.2, -0.15) is 0 Å². The second-order valence-electron chi connectivity index (χ2n) is 3.73. The minimum Gasteiger partial charge on any atom is -0.253 e. The first-order valence-electron chi connectivity index (χ1n) is 5.47. The zero-order chi connectivity index (χ0) is 14.8. The van der Waals surface area contributed by atoms with Crippen molar-refractivity contribution in [2.75, 3.05) is 10.5 Å². The second kappa shape index (κ2) is 5.46. The van der Waals surface area contributed by atoms with Crippen molar-refractivity contribution in [3.8, 4) is 0 Å². The Labute approximate surface area is 120 Å². The molecule has 0 atom stereocenters. The standard InChI is InChI=1S/C10H11N3O4S3/c1-2-19(14,15)8-4-3-5-9(6-8)20(16,17)13-10-12-11-7-18-10/h3-7H,2H2,1H3,(H,12,13). The van der Waals surface area contributed by atoms with Gasteiger partial charge in [-0.15, -0.1) is 10.2 Å². The molecule has 1 aromatic heterocycles. The molecular weight excluding hydrogens is 322 g/mol. The third-order valence-corrected chi connectivity index (χ3v) is 6.24. The number of aromatic nitrogens is 2. The molecule has 2 rings (SSSR count). The lowest BCUT2D eigenvalue weighted by atomic mass is 10.4. The van der Waals surface area contributed by atoms with Gasteiger partial charge >= 0.3 is 0 Å². The summed E-state index contributed by atoms with van der Waals surface area (Å²) in [4.78, 5) is -0.164. The van der Waals surface area contributed by atoms with Crippen molar-refractivity contribution in [2.45, 2.75) is 16.7 Å². The summed E-state index contributed by atoms with van der Waals surface area (Å²) in [6, 6.07) is 5.19. The van der Waals surface area contributed by atoms with E-state index < -0.39 is 19.9 Å². The van der Waals surface area contributed by atoms with E-state index in [2.05, 4.69) is 14.9 Å². The third-order valence-electron chi connectivity index (χ3n) is 2.44. The molecule has 0 amide bonds. The van der Waals surface area contributed by atoms with Crippen LogP contribution in [-0.4, -0.2) is 32.8 Å². The van der Waals surface area contributed by atoms with E-state index in [0.717, 1.165) is 17.4 Å². The smallest absolute Gasteiger partial charge is 0.253 e. The lowest BCUT2D eigenvalue weighted by Crippen LogP contribution is -2.14. The molecule has 0 unspecified atom stereocenters. The minimum atomic E-state index is -3.88. The number of hydrogen-bond acceptors (Lipinski definition) is 7. The van der Waals surface area contributed by atoms with Gasteiger partial charge in [-0.25, -0.2) is 16.8 Å². The number of hydrogen-bond donors (Lipinski definition) is 1. The summed E-state index contributed by atoms with van der Waals surface area (Å²) >= 11 is 1.03. The first kappa shape index (κ1) is 14.9. The molecule has 7 nitrogen and oxygen atoms in total. The van der Waals surface area contributed by atoms with Crippen LogP contribution in [0.15, 0.2) is 39.6 Å². The molecule has 0 spiro atoms. The highest BCUT2D eigenvalue weighted by Crippen LogP contribution is 2.20. The van der Waals surface area contributed by atoms with E-state index in [-0.39, 0.29) is 20.7 Å². The Bertz CT molecular complexity index is 798. The summed E-state index contributed by atoms with van der Waals surface area (Å²) in [5, 5.41) is 7.21. The maximum Gasteiger partial charge on any atom is 0.263 e. The first-order valence-corrected chi connectivity index (χ1v) is 9.48. The number of anilines is 1. The predicted octanol–water partition coefficient (Wildman–Crippen LogP) is 1.13. The molecule has 2 aromatic rings. The monoisotopic (exact) mass is 333 g/mol. The van der Waals surface area contributed by atoms with Gasteiger partial charge in [0.25, 0.3) is 10.0 Å². The number of nitrogens with zero attached hydrogens (tertiary/aromatic N) is 2. The molecule has 1 heterocycles. The number of benzene rings is 1.